The predicted molar refractivity (Wildman–Crippen MR) is 79.2 cm³/mol. The van der Waals surface area contributed by atoms with Gasteiger partial charge in [-0.3, -0.25) is 15.1 Å². The summed E-state index contributed by atoms with van der Waals surface area (Å²) in [6, 6.07) is 5.30. The van der Waals surface area contributed by atoms with Crippen LogP contribution in [0.15, 0.2) is 24.4 Å². The first kappa shape index (κ1) is 14.6. The summed E-state index contributed by atoms with van der Waals surface area (Å²) in [6.45, 7) is 3.44. The minimum atomic E-state index is -0.484. The lowest BCUT2D eigenvalue weighted by molar-refractivity contribution is -0.385. The molecule has 2 aromatic rings. The van der Waals surface area contributed by atoms with Crippen molar-refractivity contribution >= 4 is 17.5 Å². The molecule has 0 aliphatic rings. The SMILES string of the molecule is CNc1nc(C)c([N+](=O)[O-])c(NC(C)c2ccccn2)n1. The highest BCUT2D eigenvalue weighted by atomic mass is 16.6. The van der Waals surface area contributed by atoms with Gasteiger partial charge in [0.1, 0.15) is 5.69 Å². The van der Waals surface area contributed by atoms with Crippen molar-refractivity contribution in [3.63, 3.8) is 0 Å². The molecular weight excluding hydrogens is 272 g/mol. The molecule has 0 bridgehead atoms. The number of hydrogen-bond donors (Lipinski definition) is 2. The second-order valence-corrected chi connectivity index (χ2v) is 4.46. The van der Waals surface area contributed by atoms with E-state index in [1.54, 1.807) is 20.2 Å². The van der Waals surface area contributed by atoms with E-state index >= 15 is 0 Å². The van der Waals surface area contributed by atoms with Crippen LogP contribution in [0, 0.1) is 17.0 Å². The van der Waals surface area contributed by atoms with Crippen LogP contribution in [0.1, 0.15) is 24.4 Å². The van der Waals surface area contributed by atoms with Crippen LogP contribution in [0.5, 0.6) is 0 Å². The Labute approximate surface area is 121 Å². The highest BCUT2D eigenvalue weighted by Crippen LogP contribution is 2.29. The van der Waals surface area contributed by atoms with Crippen molar-refractivity contribution in [3.8, 4) is 0 Å². The van der Waals surface area contributed by atoms with E-state index in [1.807, 2.05) is 25.1 Å². The number of rotatable bonds is 5. The Balaban J connectivity index is 2.38. The molecule has 0 saturated heterocycles. The summed E-state index contributed by atoms with van der Waals surface area (Å²) in [5, 5.41) is 17.0. The molecule has 2 heterocycles. The average Bonchev–Trinajstić information content (AvgIpc) is 2.47. The van der Waals surface area contributed by atoms with Crippen molar-refractivity contribution in [1.29, 1.82) is 0 Å². The van der Waals surface area contributed by atoms with Crippen LogP contribution >= 0.6 is 0 Å². The van der Waals surface area contributed by atoms with Gasteiger partial charge in [0.15, 0.2) is 0 Å². The van der Waals surface area contributed by atoms with E-state index in [9.17, 15) is 10.1 Å². The Kier molecular flexibility index (Phi) is 4.27. The zero-order valence-corrected chi connectivity index (χ0v) is 12.0. The molecule has 0 radical (unpaired) electrons. The summed E-state index contributed by atoms with van der Waals surface area (Å²) < 4.78 is 0. The molecule has 110 valence electrons. The number of aryl methyl sites for hydroxylation is 1. The molecule has 8 heteroatoms. The molecule has 0 aliphatic heterocycles. The number of hydrogen-bond acceptors (Lipinski definition) is 7. The van der Waals surface area contributed by atoms with Crippen LogP contribution < -0.4 is 10.6 Å². The van der Waals surface area contributed by atoms with Crippen LogP contribution in [-0.4, -0.2) is 26.9 Å². The summed E-state index contributed by atoms with van der Waals surface area (Å²) in [4.78, 5) is 23.1. The van der Waals surface area contributed by atoms with Crippen molar-refractivity contribution in [3.05, 3.63) is 45.9 Å². The topological polar surface area (TPSA) is 106 Å². The van der Waals surface area contributed by atoms with Gasteiger partial charge in [0.05, 0.1) is 16.7 Å². The number of nitro groups is 1. The van der Waals surface area contributed by atoms with Gasteiger partial charge in [-0.15, -0.1) is 0 Å². The van der Waals surface area contributed by atoms with Crippen LogP contribution in [0.3, 0.4) is 0 Å². The molecule has 0 aliphatic carbocycles. The lowest BCUT2D eigenvalue weighted by atomic mass is 10.2. The lowest BCUT2D eigenvalue weighted by Gasteiger charge is -2.15. The Morgan fingerprint density at radius 3 is 2.67 bits per heavy atom. The Bertz CT molecular complexity index is 647. The lowest BCUT2D eigenvalue weighted by Crippen LogP contribution is -2.13. The number of aromatic nitrogens is 3. The number of pyridine rings is 1. The van der Waals surface area contributed by atoms with Gasteiger partial charge in [0.25, 0.3) is 0 Å². The zero-order chi connectivity index (χ0) is 15.4. The fourth-order valence-electron chi connectivity index (χ4n) is 1.91. The van der Waals surface area contributed by atoms with E-state index in [-0.39, 0.29) is 17.5 Å². The van der Waals surface area contributed by atoms with Gasteiger partial charge in [-0.1, -0.05) is 6.07 Å². The van der Waals surface area contributed by atoms with Crippen molar-refractivity contribution in [2.24, 2.45) is 0 Å². The van der Waals surface area contributed by atoms with Crippen LogP contribution in [0.25, 0.3) is 0 Å². The highest BCUT2D eigenvalue weighted by molar-refractivity contribution is 5.61. The second kappa shape index (κ2) is 6.12. The van der Waals surface area contributed by atoms with Gasteiger partial charge in [0, 0.05) is 13.2 Å². The first-order valence-electron chi connectivity index (χ1n) is 6.41. The van der Waals surface area contributed by atoms with E-state index in [2.05, 4.69) is 25.6 Å². The van der Waals surface area contributed by atoms with Crippen molar-refractivity contribution in [1.82, 2.24) is 15.0 Å². The molecule has 2 N–H and O–H groups in total. The van der Waals surface area contributed by atoms with E-state index in [0.29, 0.717) is 11.6 Å². The summed E-state index contributed by atoms with van der Waals surface area (Å²) in [6.07, 6.45) is 1.67. The number of nitrogens with zero attached hydrogens (tertiary/aromatic N) is 4. The van der Waals surface area contributed by atoms with Crippen molar-refractivity contribution < 1.29 is 4.92 Å². The van der Waals surface area contributed by atoms with Gasteiger partial charge in [-0.25, -0.2) is 4.98 Å². The smallest absolute Gasteiger partial charge is 0.332 e. The molecular formula is C13H16N6O2. The fourth-order valence-corrected chi connectivity index (χ4v) is 1.91. The maximum absolute atomic E-state index is 11.2. The summed E-state index contributed by atoms with van der Waals surface area (Å²) >= 11 is 0. The molecule has 0 aromatic carbocycles. The largest absolute Gasteiger partial charge is 0.357 e. The molecule has 2 aromatic heterocycles. The third-order valence-electron chi connectivity index (χ3n) is 2.95. The molecule has 8 nitrogen and oxygen atoms in total. The van der Waals surface area contributed by atoms with Gasteiger partial charge in [-0.2, -0.15) is 4.98 Å². The minimum Gasteiger partial charge on any atom is -0.357 e. The fraction of sp³-hybridized carbons (Fsp3) is 0.308. The van der Waals surface area contributed by atoms with Gasteiger partial charge >= 0.3 is 5.69 Å². The quantitative estimate of drug-likeness (QED) is 0.642. The van der Waals surface area contributed by atoms with Crippen LogP contribution in [0.2, 0.25) is 0 Å². The normalized spacial score (nSPS) is 11.8. The van der Waals surface area contributed by atoms with E-state index in [0.717, 1.165) is 5.69 Å². The first-order valence-corrected chi connectivity index (χ1v) is 6.41. The predicted octanol–water partition coefficient (Wildman–Crippen LogP) is 2.30. The van der Waals surface area contributed by atoms with Crippen molar-refractivity contribution in [2.75, 3.05) is 17.7 Å². The Hall–Kier alpha value is -2.77. The summed E-state index contributed by atoms with van der Waals surface area (Å²) in [5.41, 5.74) is 0.945. The van der Waals surface area contributed by atoms with E-state index in [4.69, 9.17) is 0 Å². The van der Waals surface area contributed by atoms with E-state index in [1.165, 1.54) is 0 Å². The highest BCUT2D eigenvalue weighted by Gasteiger charge is 2.23. The molecule has 0 spiro atoms. The van der Waals surface area contributed by atoms with Gasteiger partial charge in [-0.05, 0) is 26.0 Å². The van der Waals surface area contributed by atoms with Crippen molar-refractivity contribution in [2.45, 2.75) is 19.9 Å². The molecule has 2 rings (SSSR count). The van der Waals surface area contributed by atoms with Gasteiger partial charge < -0.3 is 10.6 Å². The van der Waals surface area contributed by atoms with E-state index < -0.39 is 4.92 Å². The van der Waals surface area contributed by atoms with Crippen LogP contribution in [-0.2, 0) is 0 Å². The summed E-state index contributed by atoms with van der Waals surface area (Å²) in [5.74, 6) is 0.504. The molecule has 1 atom stereocenters. The first-order chi connectivity index (χ1) is 10.0. The minimum absolute atomic E-state index is 0.128. The molecule has 21 heavy (non-hydrogen) atoms. The third kappa shape index (κ3) is 3.22. The Morgan fingerprint density at radius 1 is 1.33 bits per heavy atom. The average molecular weight is 288 g/mol. The Morgan fingerprint density at radius 2 is 2.10 bits per heavy atom. The zero-order valence-electron chi connectivity index (χ0n) is 12.0. The number of anilines is 2. The summed E-state index contributed by atoms with van der Waals surface area (Å²) in [7, 11) is 1.66. The second-order valence-electron chi connectivity index (χ2n) is 4.46. The third-order valence-corrected chi connectivity index (χ3v) is 2.95. The number of nitrogens with one attached hydrogen (secondary N) is 2. The maximum atomic E-state index is 11.2. The standard InChI is InChI=1S/C13H16N6O2/c1-8(10-6-4-5-7-15-10)16-12-11(19(20)21)9(2)17-13(14-3)18-12/h4-8H,1-3H3,(H2,14,16,17,18). The van der Waals surface area contributed by atoms with Gasteiger partial charge in [0.2, 0.25) is 11.8 Å². The molecule has 0 saturated carbocycles. The maximum Gasteiger partial charge on any atom is 0.332 e. The molecule has 1 unspecified atom stereocenters. The monoisotopic (exact) mass is 288 g/mol. The molecule has 0 amide bonds. The molecule has 0 fully saturated rings. The van der Waals surface area contributed by atoms with Crippen LogP contribution in [0.4, 0.5) is 17.5 Å².